The Bertz CT molecular complexity index is 841. The summed E-state index contributed by atoms with van der Waals surface area (Å²) >= 11 is 1.40. The number of nitrogens with one attached hydrogen (secondary N) is 1. The van der Waals surface area contributed by atoms with Crippen LogP contribution < -0.4 is 5.32 Å². The first kappa shape index (κ1) is 19.9. The van der Waals surface area contributed by atoms with Crippen LogP contribution in [-0.4, -0.2) is 41.1 Å². The molecule has 3 rings (SSSR count). The lowest BCUT2D eigenvalue weighted by molar-refractivity contribution is -0.156. The SMILES string of the molecule is CC(=O)N1[C@@H](C(=O)OCC(=O)NCc2ccc(F)cc2)CS[C@H]1c1ccco1. The molecule has 28 heavy (non-hydrogen) atoms. The number of furan rings is 1. The van der Waals surface area contributed by atoms with Crippen molar-refractivity contribution in [3.8, 4) is 0 Å². The zero-order chi connectivity index (χ0) is 20.1. The standard InChI is InChI=1S/C19H19FN2O5S/c1-12(23)22-15(11-28-18(22)16-3-2-8-26-16)19(25)27-10-17(24)21-9-13-4-6-14(20)7-5-13/h2-8,15,18H,9-11H2,1H3,(H,21,24)/t15-,18+/m1/s1. The van der Waals surface area contributed by atoms with E-state index in [2.05, 4.69) is 5.32 Å². The van der Waals surface area contributed by atoms with Gasteiger partial charge >= 0.3 is 5.97 Å². The van der Waals surface area contributed by atoms with Gasteiger partial charge in [0.25, 0.3) is 5.91 Å². The van der Waals surface area contributed by atoms with Crippen LogP contribution >= 0.6 is 11.8 Å². The summed E-state index contributed by atoms with van der Waals surface area (Å²) in [5, 5.41) is 2.18. The van der Waals surface area contributed by atoms with Gasteiger partial charge in [-0.1, -0.05) is 12.1 Å². The van der Waals surface area contributed by atoms with Gasteiger partial charge in [-0.25, -0.2) is 9.18 Å². The quantitative estimate of drug-likeness (QED) is 0.741. The van der Waals surface area contributed by atoms with Gasteiger partial charge in [0.15, 0.2) is 6.61 Å². The largest absolute Gasteiger partial charge is 0.466 e. The fourth-order valence-electron chi connectivity index (χ4n) is 2.81. The minimum Gasteiger partial charge on any atom is -0.466 e. The molecule has 1 saturated heterocycles. The highest BCUT2D eigenvalue weighted by atomic mass is 32.2. The van der Waals surface area contributed by atoms with Crippen molar-refractivity contribution < 1.29 is 27.9 Å². The third-order valence-corrected chi connectivity index (χ3v) is 5.45. The molecule has 2 aromatic rings. The maximum Gasteiger partial charge on any atom is 0.330 e. The third-order valence-electron chi connectivity index (χ3n) is 4.17. The number of carbonyl (C=O) groups excluding carboxylic acids is 3. The molecule has 2 atom stereocenters. The van der Waals surface area contributed by atoms with Crippen LogP contribution in [0.5, 0.6) is 0 Å². The molecule has 1 aliphatic rings. The molecule has 1 aliphatic heterocycles. The molecule has 1 N–H and O–H groups in total. The van der Waals surface area contributed by atoms with Crippen LogP contribution in [-0.2, 0) is 25.7 Å². The fourth-order valence-corrected chi connectivity index (χ4v) is 4.23. The highest BCUT2D eigenvalue weighted by Crippen LogP contribution is 2.41. The lowest BCUT2D eigenvalue weighted by atomic mass is 10.2. The molecule has 2 amide bonds. The first-order valence-electron chi connectivity index (χ1n) is 8.57. The number of rotatable bonds is 6. The first-order valence-corrected chi connectivity index (χ1v) is 9.62. The molecule has 148 valence electrons. The summed E-state index contributed by atoms with van der Waals surface area (Å²) < 4.78 is 23.3. The van der Waals surface area contributed by atoms with Gasteiger partial charge in [0.2, 0.25) is 5.91 Å². The van der Waals surface area contributed by atoms with Gasteiger partial charge in [-0.3, -0.25) is 9.59 Å². The topological polar surface area (TPSA) is 88.8 Å². The molecule has 1 aromatic heterocycles. The van der Waals surface area contributed by atoms with Gasteiger partial charge < -0.3 is 19.4 Å². The van der Waals surface area contributed by atoms with E-state index >= 15 is 0 Å². The summed E-state index contributed by atoms with van der Waals surface area (Å²) in [4.78, 5) is 37.8. The van der Waals surface area contributed by atoms with Crippen LogP contribution in [0.2, 0.25) is 0 Å². The average molecular weight is 406 g/mol. The molecule has 2 heterocycles. The van der Waals surface area contributed by atoms with Gasteiger partial charge in [0.05, 0.1) is 6.26 Å². The second kappa shape index (κ2) is 8.92. The fraction of sp³-hybridized carbons (Fsp3) is 0.316. The number of hydrogen-bond acceptors (Lipinski definition) is 6. The monoisotopic (exact) mass is 406 g/mol. The van der Waals surface area contributed by atoms with E-state index < -0.39 is 29.9 Å². The van der Waals surface area contributed by atoms with Crippen molar-refractivity contribution in [3.05, 3.63) is 59.8 Å². The Morgan fingerprint density at radius 3 is 2.68 bits per heavy atom. The lowest BCUT2D eigenvalue weighted by Crippen LogP contribution is -2.43. The summed E-state index contributed by atoms with van der Waals surface area (Å²) in [6, 6.07) is 8.36. The molecule has 7 nitrogen and oxygen atoms in total. The number of carbonyl (C=O) groups is 3. The van der Waals surface area contributed by atoms with E-state index in [-0.39, 0.29) is 18.3 Å². The van der Waals surface area contributed by atoms with E-state index in [9.17, 15) is 18.8 Å². The predicted octanol–water partition coefficient (Wildman–Crippen LogP) is 2.24. The number of benzene rings is 1. The molecule has 0 aliphatic carbocycles. The van der Waals surface area contributed by atoms with E-state index in [1.165, 1.54) is 42.0 Å². The molecular formula is C19H19FN2O5S. The molecule has 0 bridgehead atoms. The van der Waals surface area contributed by atoms with Crippen molar-refractivity contribution in [2.75, 3.05) is 12.4 Å². The number of nitrogens with zero attached hydrogens (tertiary/aromatic N) is 1. The summed E-state index contributed by atoms with van der Waals surface area (Å²) in [5.41, 5.74) is 0.720. The normalized spacial score (nSPS) is 18.7. The van der Waals surface area contributed by atoms with E-state index in [1.807, 2.05) is 0 Å². The van der Waals surface area contributed by atoms with Crippen molar-refractivity contribution in [1.29, 1.82) is 0 Å². The predicted molar refractivity (Wildman–Crippen MR) is 99.4 cm³/mol. The second-order valence-corrected chi connectivity index (χ2v) is 7.27. The van der Waals surface area contributed by atoms with Crippen molar-refractivity contribution in [1.82, 2.24) is 10.2 Å². The Morgan fingerprint density at radius 2 is 2.04 bits per heavy atom. The first-order chi connectivity index (χ1) is 13.5. The van der Waals surface area contributed by atoms with Crippen LogP contribution in [0, 0.1) is 5.82 Å². The maximum absolute atomic E-state index is 12.9. The summed E-state index contributed by atoms with van der Waals surface area (Å²) in [6.07, 6.45) is 1.51. The van der Waals surface area contributed by atoms with E-state index in [0.29, 0.717) is 11.5 Å². The molecule has 0 radical (unpaired) electrons. The van der Waals surface area contributed by atoms with Gasteiger partial charge in [-0.2, -0.15) is 0 Å². The third kappa shape index (κ3) is 4.72. The van der Waals surface area contributed by atoms with Crippen LogP contribution in [0.15, 0.2) is 47.1 Å². The molecule has 0 saturated carbocycles. The van der Waals surface area contributed by atoms with Gasteiger partial charge in [0.1, 0.15) is 23.0 Å². The van der Waals surface area contributed by atoms with E-state index in [0.717, 1.165) is 5.56 Å². The minimum atomic E-state index is -0.789. The summed E-state index contributed by atoms with van der Waals surface area (Å²) in [7, 11) is 0. The summed E-state index contributed by atoms with van der Waals surface area (Å²) in [6.45, 7) is 1.10. The van der Waals surface area contributed by atoms with E-state index in [1.54, 1.807) is 24.3 Å². The number of halogens is 1. The molecule has 0 unspecified atom stereocenters. The zero-order valence-corrected chi connectivity index (χ0v) is 15.9. The number of thioether (sulfide) groups is 1. The molecule has 0 spiro atoms. The van der Waals surface area contributed by atoms with Crippen LogP contribution in [0.1, 0.15) is 23.6 Å². The molecule has 9 heteroatoms. The Balaban J connectivity index is 1.51. The minimum absolute atomic E-state index is 0.191. The average Bonchev–Trinajstić information content (AvgIpc) is 3.34. The molecular weight excluding hydrogens is 387 g/mol. The van der Waals surface area contributed by atoms with Crippen molar-refractivity contribution in [3.63, 3.8) is 0 Å². The summed E-state index contributed by atoms with van der Waals surface area (Å²) in [5.74, 6) is -0.849. The molecule has 1 fully saturated rings. The Morgan fingerprint density at radius 1 is 1.29 bits per heavy atom. The van der Waals surface area contributed by atoms with E-state index in [4.69, 9.17) is 9.15 Å². The highest BCUT2D eigenvalue weighted by molar-refractivity contribution is 7.99. The zero-order valence-electron chi connectivity index (χ0n) is 15.1. The van der Waals surface area contributed by atoms with Gasteiger partial charge in [0, 0.05) is 19.2 Å². The van der Waals surface area contributed by atoms with Crippen molar-refractivity contribution >= 4 is 29.5 Å². The number of hydrogen-bond donors (Lipinski definition) is 1. The van der Waals surface area contributed by atoms with Crippen molar-refractivity contribution in [2.24, 2.45) is 0 Å². The second-order valence-electron chi connectivity index (χ2n) is 6.15. The lowest BCUT2D eigenvalue weighted by Gasteiger charge is -2.25. The number of ether oxygens (including phenoxy) is 1. The number of amides is 2. The van der Waals surface area contributed by atoms with Crippen molar-refractivity contribution in [2.45, 2.75) is 24.9 Å². The Labute approximate surface area is 165 Å². The van der Waals surface area contributed by atoms with Crippen LogP contribution in [0.4, 0.5) is 4.39 Å². The Hall–Kier alpha value is -2.81. The van der Waals surface area contributed by atoms with Crippen LogP contribution in [0.3, 0.4) is 0 Å². The van der Waals surface area contributed by atoms with Gasteiger partial charge in [-0.05, 0) is 29.8 Å². The smallest absolute Gasteiger partial charge is 0.330 e. The maximum atomic E-state index is 12.9. The van der Waals surface area contributed by atoms with Gasteiger partial charge in [-0.15, -0.1) is 11.8 Å². The number of esters is 1. The van der Waals surface area contributed by atoms with Crippen LogP contribution in [0.25, 0.3) is 0 Å². The highest BCUT2D eigenvalue weighted by Gasteiger charge is 2.43. The Kier molecular flexibility index (Phi) is 6.35. The molecule has 1 aromatic carbocycles.